The Hall–Kier alpha value is -1.92. The first-order valence-electron chi connectivity index (χ1n) is 6.62. The normalized spacial score (nSPS) is 18.0. The molecule has 106 valence electrons. The van der Waals surface area contributed by atoms with Gasteiger partial charge in [-0.3, -0.25) is 0 Å². The number of nitrogens with zero attached hydrogens (tertiary/aromatic N) is 2. The van der Waals surface area contributed by atoms with Crippen LogP contribution in [0.15, 0.2) is 18.2 Å². The van der Waals surface area contributed by atoms with E-state index < -0.39 is 0 Å². The highest BCUT2D eigenvalue weighted by Crippen LogP contribution is 2.22. The molecule has 0 aliphatic carbocycles. The number of aromatic nitrogens is 2. The second-order valence-corrected chi connectivity index (χ2v) is 4.82. The summed E-state index contributed by atoms with van der Waals surface area (Å²) in [6.07, 6.45) is 1.25. The molecule has 0 saturated carbocycles. The monoisotopic (exact) mass is 275 g/mol. The second-order valence-electron chi connectivity index (χ2n) is 4.82. The summed E-state index contributed by atoms with van der Waals surface area (Å²) in [4.78, 5) is 16.1. The van der Waals surface area contributed by atoms with Crippen LogP contribution in [0, 0.1) is 0 Å². The van der Waals surface area contributed by atoms with Crippen LogP contribution in [0.25, 0.3) is 11.0 Å². The molecular formula is C14H17N3O3. The van der Waals surface area contributed by atoms with E-state index in [0.29, 0.717) is 18.7 Å². The number of hydrogen-bond acceptors (Lipinski definition) is 5. The van der Waals surface area contributed by atoms with Crippen LogP contribution in [0.2, 0.25) is 0 Å². The molecule has 1 fully saturated rings. The van der Waals surface area contributed by atoms with E-state index in [-0.39, 0.29) is 12.1 Å². The van der Waals surface area contributed by atoms with Gasteiger partial charge in [0, 0.05) is 6.61 Å². The highest BCUT2D eigenvalue weighted by atomic mass is 16.5. The summed E-state index contributed by atoms with van der Waals surface area (Å²) in [7, 11) is 1.37. The molecule has 1 aliphatic heterocycles. The minimum absolute atomic E-state index is 0.208. The second kappa shape index (κ2) is 5.22. The number of ether oxygens (including phenoxy) is 2. The smallest absolute Gasteiger partial charge is 0.337 e. The van der Waals surface area contributed by atoms with E-state index in [1.807, 2.05) is 10.6 Å². The quantitative estimate of drug-likeness (QED) is 0.844. The zero-order chi connectivity index (χ0) is 14.1. The number of benzene rings is 1. The molecule has 2 N–H and O–H groups in total. The summed E-state index contributed by atoms with van der Waals surface area (Å²) >= 11 is 0. The molecule has 0 spiro atoms. The molecule has 0 amide bonds. The molecule has 6 nitrogen and oxygen atoms in total. The number of carbonyl (C=O) groups is 1. The van der Waals surface area contributed by atoms with Gasteiger partial charge in [0.25, 0.3) is 0 Å². The van der Waals surface area contributed by atoms with Crippen molar-refractivity contribution in [1.29, 1.82) is 0 Å². The Kier molecular flexibility index (Phi) is 3.42. The molecule has 1 atom stereocenters. The number of methoxy groups -OCH3 is 1. The van der Waals surface area contributed by atoms with Crippen molar-refractivity contribution < 1.29 is 14.3 Å². The van der Waals surface area contributed by atoms with E-state index in [0.717, 1.165) is 29.9 Å². The van der Waals surface area contributed by atoms with E-state index >= 15 is 0 Å². The molecule has 2 heterocycles. The summed E-state index contributed by atoms with van der Waals surface area (Å²) < 4.78 is 12.3. The Balaban J connectivity index is 2.05. The average Bonchev–Trinajstić information content (AvgIpc) is 2.78. The maximum Gasteiger partial charge on any atom is 0.337 e. The Morgan fingerprint density at radius 2 is 2.40 bits per heavy atom. The summed E-state index contributed by atoms with van der Waals surface area (Å²) in [5.74, 6) is 0.450. The van der Waals surface area contributed by atoms with Crippen LogP contribution in [0.1, 0.15) is 22.6 Å². The fraction of sp³-hybridized carbons (Fsp3) is 0.429. The van der Waals surface area contributed by atoms with Crippen molar-refractivity contribution in [2.75, 3.05) is 13.7 Å². The van der Waals surface area contributed by atoms with Crippen LogP contribution in [0.5, 0.6) is 0 Å². The Labute approximate surface area is 116 Å². The van der Waals surface area contributed by atoms with Gasteiger partial charge in [-0.25, -0.2) is 9.78 Å². The topological polar surface area (TPSA) is 79.4 Å². The highest BCUT2D eigenvalue weighted by Gasteiger charge is 2.21. The maximum absolute atomic E-state index is 11.6. The third kappa shape index (κ3) is 2.17. The SMILES string of the molecule is COC(=O)c1ccc2nc(CN)n(C[C@@H]3CCO3)c2c1. The van der Waals surface area contributed by atoms with Gasteiger partial charge < -0.3 is 19.8 Å². The van der Waals surface area contributed by atoms with E-state index in [1.54, 1.807) is 12.1 Å². The molecular weight excluding hydrogens is 258 g/mol. The summed E-state index contributed by atoms with van der Waals surface area (Å²) in [6, 6.07) is 5.33. The Bertz CT molecular complexity index is 646. The molecule has 0 bridgehead atoms. The molecule has 3 rings (SSSR count). The van der Waals surface area contributed by atoms with Crippen molar-refractivity contribution in [3.8, 4) is 0 Å². The van der Waals surface area contributed by atoms with Crippen molar-refractivity contribution in [3.63, 3.8) is 0 Å². The largest absolute Gasteiger partial charge is 0.465 e. The molecule has 0 unspecified atom stereocenters. The first-order valence-corrected chi connectivity index (χ1v) is 6.62. The maximum atomic E-state index is 11.6. The van der Waals surface area contributed by atoms with Gasteiger partial charge in [-0.15, -0.1) is 0 Å². The van der Waals surface area contributed by atoms with Crippen LogP contribution in [0.3, 0.4) is 0 Å². The molecule has 1 aromatic carbocycles. The Morgan fingerprint density at radius 3 is 3.00 bits per heavy atom. The lowest BCUT2D eigenvalue weighted by Gasteiger charge is -2.27. The van der Waals surface area contributed by atoms with E-state index in [9.17, 15) is 4.79 Å². The van der Waals surface area contributed by atoms with Gasteiger partial charge >= 0.3 is 5.97 Å². The van der Waals surface area contributed by atoms with Crippen molar-refractivity contribution in [1.82, 2.24) is 9.55 Å². The Morgan fingerprint density at radius 1 is 1.60 bits per heavy atom. The number of fused-ring (bicyclic) bond motifs is 1. The van der Waals surface area contributed by atoms with Crippen molar-refractivity contribution in [2.24, 2.45) is 5.73 Å². The first-order chi connectivity index (χ1) is 9.72. The van der Waals surface area contributed by atoms with E-state index in [4.69, 9.17) is 15.2 Å². The minimum Gasteiger partial charge on any atom is -0.465 e. The van der Waals surface area contributed by atoms with E-state index in [2.05, 4.69) is 4.98 Å². The third-order valence-electron chi connectivity index (χ3n) is 3.61. The lowest BCUT2D eigenvalue weighted by molar-refractivity contribution is -0.0590. The third-order valence-corrected chi connectivity index (χ3v) is 3.61. The molecule has 0 radical (unpaired) electrons. The number of rotatable bonds is 4. The predicted molar refractivity (Wildman–Crippen MR) is 73.3 cm³/mol. The van der Waals surface area contributed by atoms with Gasteiger partial charge in [-0.05, 0) is 24.6 Å². The van der Waals surface area contributed by atoms with Gasteiger partial charge in [0.2, 0.25) is 0 Å². The molecule has 6 heteroatoms. The van der Waals surface area contributed by atoms with Crippen molar-refractivity contribution >= 4 is 17.0 Å². The first kappa shape index (κ1) is 13.1. The lowest BCUT2D eigenvalue weighted by Crippen LogP contribution is -2.32. The van der Waals surface area contributed by atoms with Crippen LogP contribution in [-0.4, -0.2) is 35.3 Å². The average molecular weight is 275 g/mol. The van der Waals surface area contributed by atoms with Gasteiger partial charge in [0.1, 0.15) is 5.82 Å². The number of carbonyl (C=O) groups excluding carboxylic acids is 1. The van der Waals surface area contributed by atoms with Crippen molar-refractivity contribution in [3.05, 3.63) is 29.6 Å². The van der Waals surface area contributed by atoms with Gasteiger partial charge in [-0.2, -0.15) is 0 Å². The molecule has 20 heavy (non-hydrogen) atoms. The standard InChI is InChI=1S/C14H17N3O3/c1-19-14(18)9-2-3-11-12(6-9)17(13(7-15)16-11)8-10-4-5-20-10/h2-3,6,10H,4-5,7-8,15H2,1H3/t10-/m0/s1. The van der Waals surface area contributed by atoms with Crippen LogP contribution < -0.4 is 5.73 Å². The zero-order valence-electron chi connectivity index (χ0n) is 11.3. The fourth-order valence-electron chi connectivity index (χ4n) is 2.41. The molecule has 1 aliphatic rings. The predicted octanol–water partition coefficient (Wildman–Crippen LogP) is 1.07. The highest BCUT2D eigenvalue weighted by molar-refractivity contribution is 5.93. The van der Waals surface area contributed by atoms with Gasteiger partial charge in [0.15, 0.2) is 0 Å². The van der Waals surface area contributed by atoms with E-state index in [1.165, 1.54) is 7.11 Å². The minimum atomic E-state index is -0.353. The number of esters is 1. The molecule has 1 aromatic heterocycles. The fourth-order valence-corrected chi connectivity index (χ4v) is 2.41. The summed E-state index contributed by atoms with van der Waals surface area (Å²) in [6.45, 7) is 1.88. The number of hydrogen-bond donors (Lipinski definition) is 1. The van der Waals surface area contributed by atoms with Crippen LogP contribution in [-0.2, 0) is 22.6 Å². The van der Waals surface area contributed by atoms with Gasteiger partial charge in [-0.1, -0.05) is 0 Å². The zero-order valence-corrected chi connectivity index (χ0v) is 11.3. The molecule has 1 saturated heterocycles. The number of imidazole rings is 1. The molecule has 2 aromatic rings. The van der Waals surface area contributed by atoms with Crippen LogP contribution in [0.4, 0.5) is 0 Å². The summed E-state index contributed by atoms with van der Waals surface area (Å²) in [5.41, 5.74) is 7.99. The number of nitrogens with two attached hydrogens (primary N) is 1. The van der Waals surface area contributed by atoms with Crippen molar-refractivity contribution in [2.45, 2.75) is 25.6 Å². The van der Waals surface area contributed by atoms with Gasteiger partial charge in [0.05, 0.1) is 42.9 Å². The van der Waals surface area contributed by atoms with Crippen LogP contribution >= 0.6 is 0 Å². The summed E-state index contributed by atoms with van der Waals surface area (Å²) in [5, 5.41) is 0. The lowest BCUT2D eigenvalue weighted by atomic mass is 10.1.